The lowest BCUT2D eigenvalue weighted by molar-refractivity contribution is 0.829. The predicted molar refractivity (Wildman–Crippen MR) is 130 cm³/mol. The van der Waals surface area contributed by atoms with E-state index in [1.165, 1.54) is 38.4 Å². The van der Waals surface area contributed by atoms with Gasteiger partial charge in [-0.25, -0.2) is 0 Å². The molecule has 0 amide bonds. The number of fused-ring (bicyclic) bond motifs is 2. The molecule has 0 atom stereocenters. The van der Waals surface area contributed by atoms with Crippen molar-refractivity contribution in [3.05, 3.63) is 120 Å². The quantitative estimate of drug-likeness (QED) is 0.292. The zero-order chi connectivity index (χ0) is 20.2. The molecule has 0 aliphatic rings. The van der Waals surface area contributed by atoms with Gasteiger partial charge < -0.3 is 5.32 Å². The Balaban J connectivity index is 1.59. The molecule has 1 nitrogen and oxygen atoms in total. The second kappa shape index (κ2) is 8.42. The van der Waals surface area contributed by atoms with E-state index in [9.17, 15) is 0 Å². The Kier molecular flexibility index (Phi) is 5.18. The van der Waals surface area contributed by atoms with Gasteiger partial charge in [-0.05, 0) is 53.3 Å². The highest BCUT2D eigenvalue weighted by molar-refractivity contribution is 6.14. The molecule has 30 heavy (non-hydrogen) atoms. The number of hydrogen-bond donors (Lipinski definition) is 1. The minimum Gasteiger partial charge on any atom is -0.355 e. The van der Waals surface area contributed by atoms with Crippen LogP contribution < -0.4 is 5.32 Å². The zero-order valence-electron chi connectivity index (χ0n) is 17.0. The first kappa shape index (κ1) is 18.4. The second-order valence-corrected chi connectivity index (χ2v) is 7.77. The van der Waals surface area contributed by atoms with Crippen molar-refractivity contribution in [2.45, 2.75) is 19.3 Å². The van der Waals surface area contributed by atoms with Gasteiger partial charge in [0.15, 0.2) is 0 Å². The van der Waals surface area contributed by atoms with Crippen LogP contribution in [0.25, 0.3) is 21.5 Å². The number of benzene rings is 5. The van der Waals surface area contributed by atoms with Gasteiger partial charge in [-0.3, -0.25) is 0 Å². The van der Waals surface area contributed by atoms with Gasteiger partial charge in [0.25, 0.3) is 0 Å². The third kappa shape index (κ3) is 3.67. The third-order valence-electron chi connectivity index (χ3n) is 5.82. The van der Waals surface area contributed by atoms with Crippen LogP contribution in [-0.4, -0.2) is 0 Å². The molecule has 0 fully saturated rings. The molecule has 0 unspecified atom stereocenters. The Labute approximate surface area is 178 Å². The molecule has 0 spiro atoms. The summed E-state index contributed by atoms with van der Waals surface area (Å²) < 4.78 is 0. The first-order valence-electron chi connectivity index (χ1n) is 10.7. The summed E-state index contributed by atoms with van der Waals surface area (Å²) in [4.78, 5) is 0. The van der Waals surface area contributed by atoms with Crippen LogP contribution in [-0.2, 0) is 12.8 Å². The van der Waals surface area contributed by atoms with E-state index in [0.717, 1.165) is 24.9 Å². The summed E-state index contributed by atoms with van der Waals surface area (Å²) in [5, 5.41) is 8.97. The molecule has 0 aliphatic heterocycles. The van der Waals surface area contributed by atoms with E-state index in [1.54, 1.807) is 0 Å². The van der Waals surface area contributed by atoms with Crippen LogP contribution in [0.15, 0.2) is 109 Å². The van der Waals surface area contributed by atoms with Crippen LogP contribution in [0.1, 0.15) is 17.5 Å². The van der Waals surface area contributed by atoms with Gasteiger partial charge in [-0.1, -0.05) is 97.1 Å². The monoisotopic (exact) mass is 387 g/mol. The SMILES string of the molecule is c1ccc(CCCc2c3ccccc3c(Nc3ccccc3)c3ccccc23)cc1. The van der Waals surface area contributed by atoms with Gasteiger partial charge in [0, 0.05) is 16.5 Å². The molecular formula is C29H25N. The molecule has 1 heteroatoms. The highest BCUT2D eigenvalue weighted by Crippen LogP contribution is 2.38. The van der Waals surface area contributed by atoms with E-state index in [0.29, 0.717) is 0 Å². The lowest BCUT2D eigenvalue weighted by Gasteiger charge is -2.18. The minimum atomic E-state index is 1.07. The Hall–Kier alpha value is -3.58. The topological polar surface area (TPSA) is 12.0 Å². The number of nitrogens with one attached hydrogen (secondary N) is 1. The summed E-state index contributed by atoms with van der Waals surface area (Å²) in [5.41, 5.74) is 5.17. The Morgan fingerprint density at radius 2 is 0.967 bits per heavy atom. The van der Waals surface area contributed by atoms with Crippen LogP contribution in [0.4, 0.5) is 11.4 Å². The maximum atomic E-state index is 3.70. The number of hydrogen-bond acceptors (Lipinski definition) is 1. The fourth-order valence-electron chi connectivity index (χ4n) is 4.40. The van der Waals surface area contributed by atoms with Crippen molar-refractivity contribution in [3.63, 3.8) is 0 Å². The Morgan fingerprint density at radius 3 is 1.57 bits per heavy atom. The van der Waals surface area contributed by atoms with Crippen molar-refractivity contribution in [3.8, 4) is 0 Å². The summed E-state index contributed by atoms with van der Waals surface area (Å²) in [6.45, 7) is 0. The molecule has 0 saturated heterocycles. The van der Waals surface area contributed by atoms with Gasteiger partial charge in [0.05, 0.1) is 5.69 Å². The smallest absolute Gasteiger partial charge is 0.0543 e. The van der Waals surface area contributed by atoms with E-state index < -0.39 is 0 Å². The third-order valence-corrected chi connectivity index (χ3v) is 5.82. The molecule has 1 N–H and O–H groups in total. The normalized spacial score (nSPS) is 11.1. The molecular weight excluding hydrogens is 362 g/mol. The summed E-state index contributed by atoms with van der Waals surface area (Å²) in [6.07, 6.45) is 3.32. The van der Waals surface area contributed by atoms with E-state index in [4.69, 9.17) is 0 Å². The average molecular weight is 388 g/mol. The van der Waals surface area contributed by atoms with Gasteiger partial charge in [-0.2, -0.15) is 0 Å². The molecule has 5 aromatic carbocycles. The fourth-order valence-corrected chi connectivity index (χ4v) is 4.40. The van der Waals surface area contributed by atoms with Crippen LogP contribution in [0.3, 0.4) is 0 Å². The van der Waals surface area contributed by atoms with Gasteiger partial charge in [0.2, 0.25) is 0 Å². The number of rotatable bonds is 6. The molecule has 5 aromatic rings. The maximum Gasteiger partial charge on any atom is 0.0543 e. The molecule has 0 bridgehead atoms. The highest BCUT2D eigenvalue weighted by atomic mass is 14.9. The molecule has 0 aromatic heterocycles. The van der Waals surface area contributed by atoms with E-state index in [1.807, 2.05) is 0 Å². The van der Waals surface area contributed by atoms with Crippen LogP contribution >= 0.6 is 0 Å². The first-order chi connectivity index (χ1) is 14.9. The molecule has 0 aliphatic carbocycles. The molecule has 0 heterocycles. The van der Waals surface area contributed by atoms with Crippen molar-refractivity contribution in [2.24, 2.45) is 0 Å². The van der Waals surface area contributed by atoms with E-state index >= 15 is 0 Å². The van der Waals surface area contributed by atoms with Crippen molar-refractivity contribution >= 4 is 32.9 Å². The largest absolute Gasteiger partial charge is 0.355 e. The molecule has 146 valence electrons. The highest BCUT2D eigenvalue weighted by Gasteiger charge is 2.13. The number of aryl methyl sites for hydroxylation is 2. The van der Waals surface area contributed by atoms with Gasteiger partial charge in [-0.15, -0.1) is 0 Å². The van der Waals surface area contributed by atoms with Crippen LogP contribution in [0.2, 0.25) is 0 Å². The summed E-state index contributed by atoms with van der Waals surface area (Å²) in [5.74, 6) is 0. The summed E-state index contributed by atoms with van der Waals surface area (Å²) in [6, 6.07) is 38.9. The lowest BCUT2D eigenvalue weighted by atomic mass is 9.91. The van der Waals surface area contributed by atoms with Gasteiger partial charge in [0.1, 0.15) is 0 Å². The second-order valence-electron chi connectivity index (χ2n) is 7.77. The summed E-state index contributed by atoms with van der Waals surface area (Å²) in [7, 11) is 0. The number of para-hydroxylation sites is 1. The van der Waals surface area contributed by atoms with Crippen molar-refractivity contribution in [2.75, 3.05) is 5.32 Å². The molecule has 5 rings (SSSR count). The lowest BCUT2D eigenvalue weighted by Crippen LogP contribution is -1.98. The van der Waals surface area contributed by atoms with Crippen molar-refractivity contribution in [1.82, 2.24) is 0 Å². The van der Waals surface area contributed by atoms with E-state index in [-0.39, 0.29) is 0 Å². The van der Waals surface area contributed by atoms with Crippen molar-refractivity contribution in [1.29, 1.82) is 0 Å². The fraction of sp³-hybridized carbons (Fsp3) is 0.103. The van der Waals surface area contributed by atoms with Crippen molar-refractivity contribution < 1.29 is 0 Å². The predicted octanol–water partition coefficient (Wildman–Crippen LogP) is 7.91. The first-order valence-corrected chi connectivity index (χ1v) is 10.7. The zero-order valence-corrected chi connectivity index (χ0v) is 17.0. The van der Waals surface area contributed by atoms with Crippen LogP contribution in [0, 0.1) is 0 Å². The molecule has 0 radical (unpaired) electrons. The Bertz CT molecular complexity index is 1220. The van der Waals surface area contributed by atoms with Gasteiger partial charge >= 0.3 is 0 Å². The summed E-state index contributed by atoms with van der Waals surface area (Å²) >= 11 is 0. The molecule has 0 saturated carbocycles. The average Bonchev–Trinajstić information content (AvgIpc) is 2.82. The Morgan fingerprint density at radius 1 is 0.467 bits per heavy atom. The standard InChI is InChI=1S/C29H25N/c1-3-12-22(13-4-1)14-11-21-24-25-17-7-9-19-27(25)29(28-20-10-8-18-26(24)28)30-23-15-5-2-6-16-23/h1-10,12-13,15-20,30H,11,14,21H2. The maximum absolute atomic E-state index is 3.70. The minimum absolute atomic E-state index is 1.07. The van der Waals surface area contributed by atoms with Crippen LogP contribution in [0.5, 0.6) is 0 Å². The number of anilines is 2. The van der Waals surface area contributed by atoms with E-state index in [2.05, 4.69) is 115 Å².